The van der Waals surface area contributed by atoms with Gasteiger partial charge in [-0.1, -0.05) is 35.8 Å². The predicted octanol–water partition coefficient (Wildman–Crippen LogP) is 4.09. The van der Waals surface area contributed by atoms with Crippen molar-refractivity contribution in [2.45, 2.75) is 31.7 Å². The smallest absolute Gasteiger partial charge is 0.253 e. The van der Waals surface area contributed by atoms with E-state index in [9.17, 15) is 9.90 Å². The van der Waals surface area contributed by atoms with Crippen LogP contribution in [-0.2, 0) is 11.2 Å². The SMILES string of the molecule is C=C1C(O)=C(C(=O)NCCCc2ccc(Cl)c(Cl)c2)C(C2CC2)N1C. The van der Waals surface area contributed by atoms with Crippen LogP contribution in [0.2, 0.25) is 10.0 Å². The van der Waals surface area contributed by atoms with Crippen LogP contribution in [0, 0.1) is 5.92 Å². The molecule has 0 bridgehead atoms. The molecule has 2 aliphatic rings. The third-order valence-corrected chi connectivity index (χ3v) is 5.63. The van der Waals surface area contributed by atoms with Crippen LogP contribution in [0.4, 0.5) is 0 Å². The van der Waals surface area contributed by atoms with E-state index in [4.69, 9.17) is 23.2 Å². The number of aliphatic hydroxyl groups excluding tert-OH is 1. The summed E-state index contributed by atoms with van der Waals surface area (Å²) in [6.07, 6.45) is 3.75. The van der Waals surface area contributed by atoms with Crippen molar-refractivity contribution < 1.29 is 9.90 Å². The Labute approximate surface area is 158 Å². The topological polar surface area (TPSA) is 52.6 Å². The highest BCUT2D eigenvalue weighted by atomic mass is 35.5. The lowest BCUT2D eigenvalue weighted by atomic mass is 10.0. The maximum Gasteiger partial charge on any atom is 0.253 e. The molecule has 3 rings (SSSR count). The lowest BCUT2D eigenvalue weighted by molar-refractivity contribution is -0.118. The van der Waals surface area contributed by atoms with Crippen molar-refractivity contribution in [3.63, 3.8) is 0 Å². The minimum absolute atomic E-state index is 0.0291. The quantitative estimate of drug-likeness (QED) is 0.730. The van der Waals surface area contributed by atoms with Gasteiger partial charge in [-0.25, -0.2) is 0 Å². The van der Waals surface area contributed by atoms with E-state index < -0.39 is 0 Å². The van der Waals surface area contributed by atoms with Crippen molar-refractivity contribution in [1.82, 2.24) is 10.2 Å². The molecule has 4 nitrogen and oxygen atoms in total. The fourth-order valence-electron chi connectivity index (χ4n) is 3.31. The summed E-state index contributed by atoms with van der Waals surface area (Å²) in [5.41, 5.74) is 2.07. The number of nitrogens with zero attached hydrogens (tertiary/aromatic N) is 1. The van der Waals surface area contributed by atoms with Gasteiger partial charge in [-0.15, -0.1) is 0 Å². The van der Waals surface area contributed by atoms with Gasteiger partial charge in [-0.05, 0) is 49.3 Å². The number of hydrogen-bond donors (Lipinski definition) is 2. The van der Waals surface area contributed by atoms with Crippen LogP contribution in [0.25, 0.3) is 0 Å². The summed E-state index contributed by atoms with van der Waals surface area (Å²) >= 11 is 11.9. The molecule has 1 aromatic rings. The number of amides is 1. The lowest BCUT2D eigenvalue weighted by Crippen LogP contribution is -2.36. The maximum atomic E-state index is 12.6. The van der Waals surface area contributed by atoms with Gasteiger partial charge in [-0.3, -0.25) is 4.79 Å². The molecular weight excluding hydrogens is 359 g/mol. The zero-order chi connectivity index (χ0) is 18.1. The molecule has 1 atom stereocenters. The van der Waals surface area contributed by atoms with Crippen molar-refractivity contribution in [1.29, 1.82) is 0 Å². The van der Waals surface area contributed by atoms with Gasteiger partial charge in [0.15, 0.2) is 0 Å². The zero-order valence-electron chi connectivity index (χ0n) is 14.2. The molecule has 1 amide bonds. The van der Waals surface area contributed by atoms with E-state index in [2.05, 4.69) is 11.9 Å². The first-order valence-electron chi connectivity index (χ1n) is 8.47. The summed E-state index contributed by atoms with van der Waals surface area (Å²) in [5.74, 6) is 0.263. The van der Waals surface area contributed by atoms with Crippen molar-refractivity contribution in [3.8, 4) is 0 Å². The number of likely N-dealkylation sites (N-methyl/N-ethyl adjacent to an activating group) is 1. The van der Waals surface area contributed by atoms with E-state index >= 15 is 0 Å². The molecule has 2 N–H and O–H groups in total. The van der Waals surface area contributed by atoms with Crippen LogP contribution in [0.15, 0.2) is 41.8 Å². The highest BCUT2D eigenvalue weighted by molar-refractivity contribution is 6.42. The van der Waals surface area contributed by atoms with Gasteiger partial charge >= 0.3 is 0 Å². The summed E-state index contributed by atoms with van der Waals surface area (Å²) in [5, 5.41) is 14.3. The Morgan fingerprint density at radius 1 is 1.36 bits per heavy atom. The van der Waals surface area contributed by atoms with E-state index in [-0.39, 0.29) is 17.7 Å². The second kappa shape index (κ2) is 7.30. The van der Waals surface area contributed by atoms with Crippen LogP contribution in [0.5, 0.6) is 0 Å². The molecule has 1 unspecified atom stereocenters. The molecule has 1 aliphatic carbocycles. The fraction of sp³-hybridized carbons (Fsp3) is 0.421. The molecule has 0 spiro atoms. The van der Waals surface area contributed by atoms with Crippen molar-refractivity contribution in [2.75, 3.05) is 13.6 Å². The number of nitrogens with one attached hydrogen (secondary N) is 1. The molecule has 0 aromatic heterocycles. The van der Waals surface area contributed by atoms with Gasteiger partial charge in [0.1, 0.15) is 5.76 Å². The van der Waals surface area contributed by atoms with Crippen molar-refractivity contribution in [3.05, 3.63) is 57.4 Å². The molecule has 1 aromatic carbocycles. The minimum Gasteiger partial charge on any atom is -0.505 e. The number of carbonyl (C=O) groups is 1. The Balaban J connectivity index is 1.55. The van der Waals surface area contributed by atoms with Gasteiger partial charge < -0.3 is 15.3 Å². The van der Waals surface area contributed by atoms with Gasteiger partial charge in [0.2, 0.25) is 0 Å². The Morgan fingerprint density at radius 3 is 2.72 bits per heavy atom. The lowest BCUT2D eigenvalue weighted by Gasteiger charge is -2.24. The van der Waals surface area contributed by atoms with E-state index in [1.54, 1.807) is 6.07 Å². The molecule has 134 valence electrons. The number of aryl methyl sites for hydroxylation is 1. The Kier molecular flexibility index (Phi) is 5.30. The zero-order valence-corrected chi connectivity index (χ0v) is 15.7. The summed E-state index contributed by atoms with van der Waals surface area (Å²) in [4.78, 5) is 14.5. The maximum absolute atomic E-state index is 12.6. The standard InChI is InChI=1S/C19H22Cl2N2O2/c1-11-18(24)16(17(23(11)2)13-6-7-13)19(25)22-9-3-4-12-5-8-14(20)15(21)10-12/h5,8,10,13,17,24H,1,3-4,6-7,9H2,2H3,(H,22,25). The molecule has 6 heteroatoms. The van der Waals surface area contributed by atoms with Crippen LogP contribution in [0.1, 0.15) is 24.8 Å². The Hall–Kier alpha value is -1.65. The molecule has 1 fully saturated rings. The third-order valence-electron chi connectivity index (χ3n) is 4.89. The molecule has 25 heavy (non-hydrogen) atoms. The van der Waals surface area contributed by atoms with Crippen molar-refractivity contribution in [2.24, 2.45) is 5.92 Å². The second-order valence-electron chi connectivity index (χ2n) is 6.71. The van der Waals surface area contributed by atoms with Crippen molar-refractivity contribution >= 4 is 29.1 Å². The Bertz CT molecular complexity index is 741. The van der Waals surface area contributed by atoms with E-state index in [1.165, 1.54) is 0 Å². The van der Waals surface area contributed by atoms with Crippen LogP contribution < -0.4 is 5.32 Å². The minimum atomic E-state index is -0.200. The predicted molar refractivity (Wildman–Crippen MR) is 101 cm³/mol. The molecule has 1 saturated carbocycles. The van der Waals surface area contributed by atoms with Gasteiger partial charge in [0.25, 0.3) is 5.91 Å². The molecule has 0 saturated heterocycles. The molecule has 1 heterocycles. The van der Waals surface area contributed by atoms with E-state index in [0.717, 1.165) is 31.2 Å². The summed E-state index contributed by atoms with van der Waals surface area (Å²) in [6, 6.07) is 5.51. The second-order valence-corrected chi connectivity index (χ2v) is 7.52. The number of carbonyl (C=O) groups excluding carboxylic acids is 1. The highest BCUT2D eigenvalue weighted by Crippen LogP contribution is 2.44. The summed E-state index contributed by atoms with van der Waals surface area (Å²) < 4.78 is 0. The number of aliphatic hydroxyl groups is 1. The number of hydrogen-bond acceptors (Lipinski definition) is 3. The Morgan fingerprint density at radius 2 is 2.08 bits per heavy atom. The third kappa shape index (κ3) is 3.80. The molecular formula is C19H22Cl2N2O2. The van der Waals surface area contributed by atoms with Crippen LogP contribution in [-0.4, -0.2) is 35.5 Å². The summed E-state index contributed by atoms with van der Waals surface area (Å²) in [7, 11) is 1.88. The number of halogens is 2. The average molecular weight is 381 g/mol. The molecule has 0 radical (unpaired) electrons. The normalized spacial score (nSPS) is 20.4. The fourth-order valence-corrected chi connectivity index (χ4v) is 3.64. The van der Waals surface area contributed by atoms with Crippen LogP contribution >= 0.6 is 23.2 Å². The first-order valence-corrected chi connectivity index (χ1v) is 9.23. The number of rotatable bonds is 6. The monoisotopic (exact) mass is 380 g/mol. The van der Waals surface area contributed by atoms with Gasteiger partial charge in [0, 0.05) is 13.6 Å². The van der Waals surface area contributed by atoms with Gasteiger partial charge in [-0.2, -0.15) is 0 Å². The first-order chi connectivity index (χ1) is 11.9. The van der Waals surface area contributed by atoms with Crippen LogP contribution in [0.3, 0.4) is 0 Å². The van der Waals surface area contributed by atoms with Gasteiger partial charge in [0.05, 0.1) is 27.4 Å². The average Bonchev–Trinajstić information content (AvgIpc) is 3.39. The summed E-state index contributed by atoms with van der Waals surface area (Å²) in [6.45, 7) is 4.41. The largest absolute Gasteiger partial charge is 0.505 e. The highest BCUT2D eigenvalue weighted by Gasteiger charge is 2.45. The first kappa shape index (κ1) is 18.2. The van der Waals surface area contributed by atoms with E-state index in [1.807, 2.05) is 24.1 Å². The van der Waals surface area contributed by atoms with E-state index in [0.29, 0.717) is 33.8 Å². The number of benzene rings is 1. The molecule has 1 aliphatic heterocycles.